The molecule has 1 saturated carbocycles. The van der Waals surface area contributed by atoms with Crippen LogP contribution >= 0.6 is 15.9 Å². The molecule has 0 bridgehead atoms. The van der Waals surface area contributed by atoms with E-state index in [-0.39, 0.29) is 23.2 Å². The summed E-state index contributed by atoms with van der Waals surface area (Å²) in [7, 11) is 0. The second kappa shape index (κ2) is 4.60. The Morgan fingerprint density at radius 2 is 2.42 bits per heavy atom. The van der Waals surface area contributed by atoms with E-state index in [9.17, 15) is 9.59 Å². The second-order valence-electron chi connectivity index (χ2n) is 2.88. The van der Waals surface area contributed by atoms with Gasteiger partial charge in [-0.3, -0.25) is 9.59 Å². The van der Waals surface area contributed by atoms with Crippen molar-refractivity contribution in [3.63, 3.8) is 0 Å². The minimum atomic E-state index is -0.283. The van der Waals surface area contributed by atoms with E-state index in [4.69, 9.17) is 4.74 Å². The number of halogens is 1. The third kappa shape index (κ3) is 2.93. The van der Waals surface area contributed by atoms with E-state index in [1.165, 1.54) is 0 Å². The van der Waals surface area contributed by atoms with Gasteiger partial charge < -0.3 is 4.74 Å². The molecule has 0 aliphatic heterocycles. The van der Waals surface area contributed by atoms with Gasteiger partial charge in [-0.15, -0.1) is 0 Å². The van der Waals surface area contributed by atoms with Crippen molar-refractivity contribution in [3.05, 3.63) is 0 Å². The summed E-state index contributed by atoms with van der Waals surface area (Å²) in [4.78, 5) is 21.7. The van der Waals surface area contributed by atoms with Crippen molar-refractivity contribution in [1.82, 2.24) is 0 Å². The van der Waals surface area contributed by atoms with E-state index in [2.05, 4.69) is 15.9 Å². The van der Waals surface area contributed by atoms with Crippen molar-refractivity contribution >= 4 is 27.7 Å². The molecule has 0 aromatic rings. The molecule has 0 amide bonds. The maximum atomic E-state index is 10.9. The van der Waals surface area contributed by atoms with Gasteiger partial charge in [-0.1, -0.05) is 15.9 Å². The molecular weight excluding hydrogens is 224 g/mol. The van der Waals surface area contributed by atoms with Gasteiger partial charge in [-0.05, 0) is 12.8 Å². The highest BCUT2D eigenvalue weighted by atomic mass is 79.9. The molecule has 0 spiro atoms. The summed E-state index contributed by atoms with van der Waals surface area (Å²) in [5, 5.41) is 0.206. The highest BCUT2D eigenvalue weighted by molar-refractivity contribution is 9.09. The molecule has 68 valence electrons. The number of esters is 1. The lowest BCUT2D eigenvalue weighted by molar-refractivity contribution is -0.148. The second-order valence-corrected chi connectivity index (χ2v) is 3.44. The molecule has 0 saturated heterocycles. The Kier molecular flexibility index (Phi) is 3.72. The Morgan fingerprint density at radius 3 is 3.00 bits per heavy atom. The van der Waals surface area contributed by atoms with Crippen molar-refractivity contribution < 1.29 is 14.3 Å². The Labute approximate surface area is 79.6 Å². The third-order valence-corrected chi connectivity index (χ3v) is 2.30. The Morgan fingerprint density at radius 1 is 1.67 bits per heavy atom. The molecule has 4 heteroatoms. The molecule has 1 atom stereocenters. The Bertz CT molecular complexity index is 191. The number of carbonyl (C=O) groups is 2. The largest absolute Gasteiger partial charge is 0.461 e. The lowest BCUT2D eigenvalue weighted by Crippen LogP contribution is -2.25. The first-order chi connectivity index (χ1) is 5.72. The van der Waals surface area contributed by atoms with Crippen molar-refractivity contribution in [2.24, 2.45) is 0 Å². The van der Waals surface area contributed by atoms with Gasteiger partial charge in [-0.25, -0.2) is 0 Å². The van der Waals surface area contributed by atoms with E-state index >= 15 is 0 Å². The topological polar surface area (TPSA) is 43.4 Å². The van der Waals surface area contributed by atoms with Crippen LogP contribution in [-0.2, 0) is 14.3 Å². The van der Waals surface area contributed by atoms with E-state index < -0.39 is 0 Å². The SMILES string of the molecule is O=C1CCCC(OC(=O)CBr)C1. The zero-order valence-electron chi connectivity index (χ0n) is 6.72. The van der Waals surface area contributed by atoms with Gasteiger partial charge in [0.05, 0.1) is 0 Å². The van der Waals surface area contributed by atoms with Crippen LogP contribution in [0.4, 0.5) is 0 Å². The summed E-state index contributed by atoms with van der Waals surface area (Å²) < 4.78 is 5.00. The molecule has 12 heavy (non-hydrogen) atoms. The highest BCUT2D eigenvalue weighted by Crippen LogP contribution is 2.17. The zero-order chi connectivity index (χ0) is 8.97. The van der Waals surface area contributed by atoms with Crippen LogP contribution in [0.3, 0.4) is 0 Å². The van der Waals surface area contributed by atoms with Crippen molar-refractivity contribution in [2.45, 2.75) is 31.8 Å². The smallest absolute Gasteiger partial charge is 0.316 e. The fourth-order valence-electron chi connectivity index (χ4n) is 1.30. The summed E-state index contributed by atoms with van der Waals surface area (Å²) in [6.07, 6.45) is 2.54. The van der Waals surface area contributed by atoms with Crippen molar-refractivity contribution in [3.8, 4) is 0 Å². The fraction of sp³-hybridized carbons (Fsp3) is 0.750. The predicted molar refractivity (Wildman–Crippen MR) is 47.1 cm³/mol. The normalized spacial score (nSPS) is 23.8. The molecule has 1 unspecified atom stereocenters. The number of rotatable bonds is 2. The number of hydrogen-bond donors (Lipinski definition) is 0. The van der Waals surface area contributed by atoms with E-state index in [1.807, 2.05) is 0 Å². The van der Waals surface area contributed by atoms with Crippen molar-refractivity contribution in [1.29, 1.82) is 0 Å². The molecule has 3 nitrogen and oxygen atoms in total. The van der Waals surface area contributed by atoms with Gasteiger partial charge in [0.25, 0.3) is 0 Å². The van der Waals surface area contributed by atoms with Gasteiger partial charge in [0.15, 0.2) is 0 Å². The Balaban J connectivity index is 2.32. The third-order valence-electron chi connectivity index (χ3n) is 1.84. The maximum Gasteiger partial charge on any atom is 0.316 e. The average molecular weight is 235 g/mol. The van der Waals surface area contributed by atoms with Crippen LogP contribution in [0.15, 0.2) is 0 Å². The molecule has 1 aliphatic rings. The quantitative estimate of drug-likeness (QED) is 0.537. The molecule has 0 radical (unpaired) electrons. The number of alkyl halides is 1. The predicted octanol–water partition coefficient (Wildman–Crippen LogP) is 1.44. The van der Waals surface area contributed by atoms with Crippen LogP contribution in [0.5, 0.6) is 0 Å². The summed E-state index contributed by atoms with van der Waals surface area (Å²) in [6.45, 7) is 0. The summed E-state index contributed by atoms with van der Waals surface area (Å²) >= 11 is 3.00. The lowest BCUT2D eigenvalue weighted by Gasteiger charge is -2.20. The van der Waals surface area contributed by atoms with Gasteiger partial charge in [0, 0.05) is 12.8 Å². The van der Waals surface area contributed by atoms with E-state index in [0.717, 1.165) is 12.8 Å². The van der Waals surface area contributed by atoms with Gasteiger partial charge in [0.1, 0.15) is 17.2 Å². The number of ketones is 1. The molecule has 0 heterocycles. The minimum Gasteiger partial charge on any atom is -0.461 e. The van der Waals surface area contributed by atoms with Gasteiger partial charge in [0.2, 0.25) is 0 Å². The number of hydrogen-bond acceptors (Lipinski definition) is 3. The molecule has 1 rings (SSSR count). The summed E-state index contributed by atoms with van der Waals surface area (Å²) in [5.41, 5.74) is 0. The lowest BCUT2D eigenvalue weighted by atomic mass is 9.96. The van der Waals surface area contributed by atoms with Crippen LogP contribution in [0, 0.1) is 0 Å². The monoisotopic (exact) mass is 234 g/mol. The van der Waals surface area contributed by atoms with Crippen LogP contribution in [0.25, 0.3) is 0 Å². The molecule has 0 N–H and O–H groups in total. The Hall–Kier alpha value is -0.380. The first-order valence-corrected chi connectivity index (χ1v) is 5.11. The average Bonchev–Trinajstić information content (AvgIpc) is 2.04. The highest BCUT2D eigenvalue weighted by Gasteiger charge is 2.22. The van der Waals surface area contributed by atoms with E-state index in [1.54, 1.807) is 0 Å². The van der Waals surface area contributed by atoms with E-state index in [0.29, 0.717) is 12.8 Å². The number of carbonyl (C=O) groups excluding carboxylic acids is 2. The molecule has 0 aromatic heterocycles. The molecular formula is C8H11BrO3. The van der Waals surface area contributed by atoms with Crippen LogP contribution < -0.4 is 0 Å². The molecule has 1 aliphatic carbocycles. The van der Waals surface area contributed by atoms with Crippen LogP contribution in [-0.4, -0.2) is 23.2 Å². The molecule has 0 aromatic carbocycles. The van der Waals surface area contributed by atoms with Gasteiger partial charge in [-0.2, -0.15) is 0 Å². The number of ether oxygens (including phenoxy) is 1. The summed E-state index contributed by atoms with van der Waals surface area (Å²) in [6, 6.07) is 0. The fourth-order valence-corrected chi connectivity index (χ4v) is 1.44. The zero-order valence-corrected chi connectivity index (χ0v) is 8.30. The van der Waals surface area contributed by atoms with Crippen molar-refractivity contribution in [2.75, 3.05) is 5.33 Å². The first-order valence-electron chi connectivity index (χ1n) is 3.99. The van der Waals surface area contributed by atoms with Crippen LogP contribution in [0.2, 0.25) is 0 Å². The molecule has 1 fully saturated rings. The maximum absolute atomic E-state index is 10.9. The number of Topliss-reactive ketones (excluding diaryl/α,β-unsaturated/α-hetero) is 1. The minimum absolute atomic E-state index is 0.170. The first kappa shape index (κ1) is 9.71. The van der Waals surface area contributed by atoms with Gasteiger partial charge >= 0.3 is 5.97 Å². The summed E-state index contributed by atoms with van der Waals surface area (Å²) in [5.74, 6) is -0.0803. The standard InChI is InChI=1S/C8H11BrO3/c9-5-8(11)12-7-3-1-2-6(10)4-7/h7H,1-5H2. The van der Waals surface area contributed by atoms with Crippen LogP contribution in [0.1, 0.15) is 25.7 Å².